The second kappa shape index (κ2) is 5.36. The number of alkyl halides is 3. The fourth-order valence-corrected chi connectivity index (χ4v) is 1.70. The van der Waals surface area contributed by atoms with Crippen LogP contribution in [0.2, 0.25) is 0 Å². The summed E-state index contributed by atoms with van der Waals surface area (Å²) >= 11 is 0. The van der Waals surface area contributed by atoms with Gasteiger partial charge in [-0.05, 0) is 25.1 Å². The second-order valence-corrected chi connectivity index (χ2v) is 4.31. The Labute approximate surface area is 113 Å². The fourth-order valence-electron chi connectivity index (χ4n) is 1.70. The summed E-state index contributed by atoms with van der Waals surface area (Å²) in [5, 5.41) is 8.96. The fraction of sp³-hybridized carbons (Fsp3) is 0.231. The molecule has 0 aliphatic rings. The van der Waals surface area contributed by atoms with E-state index in [1.54, 1.807) is 13.1 Å². The molecular weight excluding hydrogens is 271 g/mol. The number of aromatic nitrogens is 2. The third kappa shape index (κ3) is 3.17. The molecule has 0 aliphatic carbocycles. The molecule has 2 N–H and O–H groups in total. The zero-order valence-corrected chi connectivity index (χ0v) is 10.5. The van der Waals surface area contributed by atoms with Crippen molar-refractivity contribution in [3.05, 3.63) is 53.3 Å². The number of carbonyl (C=O) groups excluding carboxylic acids is 1. The predicted molar refractivity (Wildman–Crippen MR) is 65.9 cm³/mol. The summed E-state index contributed by atoms with van der Waals surface area (Å²) in [6.07, 6.45) is -1.32. The Bertz CT molecular complexity index is 593. The van der Waals surface area contributed by atoms with Gasteiger partial charge in [-0.15, -0.1) is 0 Å². The molecule has 0 fully saturated rings. The van der Waals surface area contributed by atoms with Crippen molar-refractivity contribution in [2.45, 2.75) is 19.1 Å². The maximum absolute atomic E-state index is 12.6. The van der Waals surface area contributed by atoms with Crippen LogP contribution >= 0.6 is 0 Å². The summed E-state index contributed by atoms with van der Waals surface area (Å²) in [5.41, 5.74) is -0.137. The number of hydrogen-bond acceptors (Lipinski definition) is 2. The largest absolute Gasteiger partial charge is 0.416 e. The first-order valence-corrected chi connectivity index (χ1v) is 5.84. The van der Waals surface area contributed by atoms with Gasteiger partial charge in [0.15, 0.2) is 0 Å². The number of H-pyrrole nitrogens is 1. The first-order chi connectivity index (χ1) is 9.38. The van der Waals surface area contributed by atoms with Crippen LogP contribution < -0.4 is 5.32 Å². The van der Waals surface area contributed by atoms with Crippen LogP contribution in [0.1, 0.15) is 34.5 Å². The van der Waals surface area contributed by atoms with Crippen molar-refractivity contribution in [1.82, 2.24) is 15.5 Å². The van der Waals surface area contributed by atoms with Crippen molar-refractivity contribution < 1.29 is 18.0 Å². The maximum Gasteiger partial charge on any atom is 0.416 e. The van der Waals surface area contributed by atoms with Crippen LogP contribution in [-0.2, 0) is 6.18 Å². The number of halogens is 3. The number of benzene rings is 1. The van der Waals surface area contributed by atoms with E-state index in [1.165, 1.54) is 18.3 Å². The number of carbonyl (C=O) groups is 1. The van der Waals surface area contributed by atoms with Gasteiger partial charge in [0, 0.05) is 17.3 Å². The SMILES string of the molecule is CC(NC(=O)c1cccc(C(F)(F)F)c1)c1cn[nH]c1. The van der Waals surface area contributed by atoms with Crippen molar-refractivity contribution in [1.29, 1.82) is 0 Å². The summed E-state index contributed by atoms with van der Waals surface area (Å²) in [5.74, 6) is -0.565. The van der Waals surface area contributed by atoms with Gasteiger partial charge in [0.1, 0.15) is 0 Å². The number of amides is 1. The summed E-state index contributed by atoms with van der Waals surface area (Å²) in [6, 6.07) is 3.96. The number of rotatable bonds is 3. The number of nitrogens with zero attached hydrogens (tertiary/aromatic N) is 1. The lowest BCUT2D eigenvalue weighted by Crippen LogP contribution is -2.26. The molecule has 0 saturated heterocycles. The Morgan fingerprint density at radius 3 is 2.75 bits per heavy atom. The highest BCUT2D eigenvalue weighted by Crippen LogP contribution is 2.29. The highest BCUT2D eigenvalue weighted by molar-refractivity contribution is 5.94. The van der Waals surface area contributed by atoms with Crippen molar-refractivity contribution in [2.24, 2.45) is 0 Å². The Morgan fingerprint density at radius 2 is 2.15 bits per heavy atom. The lowest BCUT2D eigenvalue weighted by Gasteiger charge is -2.13. The standard InChI is InChI=1S/C13H12F3N3O/c1-8(10-6-17-18-7-10)19-12(20)9-3-2-4-11(5-9)13(14,15)16/h2-8H,1H3,(H,17,18)(H,19,20). The van der Waals surface area contributed by atoms with Crippen LogP contribution in [0, 0.1) is 0 Å². The number of nitrogens with one attached hydrogen (secondary N) is 2. The molecule has 1 atom stereocenters. The summed E-state index contributed by atoms with van der Waals surface area (Å²) in [4.78, 5) is 11.9. The molecule has 2 aromatic rings. The molecule has 106 valence electrons. The quantitative estimate of drug-likeness (QED) is 0.910. The molecule has 1 aromatic heterocycles. The first-order valence-electron chi connectivity index (χ1n) is 5.84. The van der Waals surface area contributed by atoms with E-state index in [0.29, 0.717) is 0 Å². The summed E-state index contributed by atoms with van der Waals surface area (Å²) in [6.45, 7) is 1.72. The highest BCUT2D eigenvalue weighted by atomic mass is 19.4. The molecule has 0 radical (unpaired) electrons. The molecule has 0 aliphatic heterocycles. The predicted octanol–water partition coefficient (Wildman–Crippen LogP) is 2.92. The molecule has 1 amide bonds. The van der Waals surface area contributed by atoms with Crippen LogP contribution in [0.15, 0.2) is 36.7 Å². The zero-order chi connectivity index (χ0) is 14.8. The molecule has 1 aromatic carbocycles. The van der Waals surface area contributed by atoms with Gasteiger partial charge < -0.3 is 5.32 Å². The molecular formula is C13H12F3N3O. The van der Waals surface area contributed by atoms with Crippen molar-refractivity contribution >= 4 is 5.91 Å². The van der Waals surface area contributed by atoms with Gasteiger partial charge in [-0.3, -0.25) is 9.89 Å². The third-order valence-corrected chi connectivity index (χ3v) is 2.82. The van der Waals surface area contributed by atoms with E-state index in [2.05, 4.69) is 15.5 Å². The van der Waals surface area contributed by atoms with E-state index in [4.69, 9.17) is 0 Å². The lowest BCUT2D eigenvalue weighted by molar-refractivity contribution is -0.137. The average Bonchev–Trinajstić information content (AvgIpc) is 2.91. The smallest absolute Gasteiger partial charge is 0.345 e. The van der Waals surface area contributed by atoms with Gasteiger partial charge in [-0.2, -0.15) is 18.3 Å². The summed E-state index contributed by atoms with van der Waals surface area (Å²) < 4.78 is 37.7. The molecule has 0 bridgehead atoms. The Kier molecular flexibility index (Phi) is 3.78. The molecule has 1 unspecified atom stereocenters. The molecule has 0 saturated carbocycles. The van der Waals surface area contributed by atoms with Gasteiger partial charge in [0.05, 0.1) is 17.8 Å². The zero-order valence-electron chi connectivity index (χ0n) is 10.5. The molecule has 7 heteroatoms. The normalized spacial score (nSPS) is 13.0. The minimum Gasteiger partial charge on any atom is -0.345 e. The van der Waals surface area contributed by atoms with Crippen LogP contribution in [0.25, 0.3) is 0 Å². The van der Waals surface area contributed by atoms with E-state index in [1.807, 2.05) is 0 Å². The second-order valence-electron chi connectivity index (χ2n) is 4.31. The number of hydrogen-bond donors (Lipinski definition) is 2. The van der Waals surface area contributed by atoms with E-state index in [-0.39, 0.29) is 11.6 Å². The Morgan fingerprint density at radius 1 is 1.40 bits per heavy atom. The average molecular weight is 283 g/mol. The van der Waals surface area contributed by atoms with Crippen molar-refractivity contribution in [3.63, 3.8) is 0 Å². The van der Waals surface area contributed by atoms with Crippen LogP contribution in [0.5, 0.6) is 0 Å². The number of aromatic amines is 1. The van der Waals surface area contributed by atoms with Crippen molar-refractivity contribution in [2.75, 3.05) is 0 Å². The third-order valence-electron chi connectivity index (χ3n) is 2.82. The minimum atomic E-state index is -4.47. The van der Waals surface area contributed by atoms with E-state index in [0.717, 1.165) is 17.7 Å². The monoisotopic (exact) mass is 283 g/mol. The molecule has 0 spiro atoms. The van der Waals surface area contributed by atoms with Gasteiger partial charge in [0.2, 0.25) is 0 Å². The molecule has 4 nitrogen and oxygen atoms in total. The molecule has 1 heterocycles. The molecule has 20 heavy (non-hydrogen) atoms. The van der Waals surface area contributed by atoms with E-state index >= 15 is 0 Å². The van der Waals surface area contributed by atoms with Gasteiger partial charge in [-0.1, -0.05) is 6.07 Å². The van der Waals surface area contributed by atoms with E-state index < -0.39 is 17.6 Å². The van der Waals surface area contributed by atoms with Crippen LogP contribution in [0.3, 0.4) is 0 Å². The minimum absolute atomic E-state index is 0.0323. The highest BCUT2D eigenvalue weighted by Gasteiger charge is 2.31. The topological polar surface area (TPSA) is 57.8 Å². The maximum atomic E-state index is 12.6. The lowest BCUT2D eigenvalue weighted by atomic mass is 10.1. The van der Waals surface area contributed by atoms with Gasteiger partial charge >= 0.3 is 6.18 Å². The van der Waals surface area contributed by atoms with Crippen molar-refractivity contribution in [3.8, 4) is 0 Å². The van der Waals surface area contributed by atoms with Gasteiger partial charge in [0.25, 0.3) is 5.91 Å². The van der Waals surface area contributed by atoms with Gasteiger partial charge in [-0.25, -0.2) is 0 Å². The van der Waals surface area contributed by atoms with Crippen LogP contribution in [0.4, 0.5) is 13.2 Å². The van der Waals surface area contributed by atoms with Crippen LogP contribution in [-0.4, -0.2) is 16.1 Å². The first kappa shape index (κ1) is 14.1. The molecule has 2 rings (SSSR count). The Balaban J connectivity index is 2.14. The Hall–Kier alpha value is -2.31. The van der Waals surface area contributed by atoms with E-state index in [9.17, 15) is 18.0 Å². The summed E-state index contributed by atoms with van der Waals surface area (Å²) in [7, 11) is 0.